The summed E-state index contributed by atoms with van der Waals surface area (Å²) in [5, 5.41) is 12.6. The summed E-state index contributed by atoms with van der Waals surface area (Å²) in [5.74, 6) is -0.239. The Kier molecular flexibility index (Phi) is 2.74. The van der Waals surface area contributed by atoms with Gasteiger partial charge in [-0.05, 0) is 43.1 Å². The van der Waals surface area contributed by atoms with E-state index < -0.39 is 5.82 Å². The number of rotatable bonds is 2. The number of phenols is 1. The van der Waals surface area contributed by atoms with Gasteiger partial charge in [0.25, 0.3) is 0 Å². The molecule has 2 N–H and O–H groups in total. The highest BCUT2D eigenvalue weighted by molar-refractivity contribution is 9.10. The first kappa shape index (κ1) is 9.93. The molecule has 1 saturated heterocycles. The summed E-state index contributed by atoms with van der Waals surface area (Å²) < 4.78 is 13.8. The number of nitrogens with one attached hydrogen (secondary N) is 1. The molecular formula is C10H11BrFNO. The molecule has 0 atom stereocenters. The largest absolute Gasteiger partial charge is 0.505 e. The van der Waals surface area contributed by atoms with E-state index in [0.717, 1.165) is 19.5 Å². The Hall–Kier alpha value is -0.610. The second kappa shape index (κ2) is 3.87. The average Bonchev–Trinajstić information content (AvgIpc) is 2.05. The Balaban J connectivity index is 2.22. The van der Waals surface area contributed by atoms with Crippen LogP contribution in [0.15, 0.2) is 16.6 Å². The molecule has 0 unspecified atom stereocenters. The molecule has 1 aliphatic rings. The van der Waals surface area contributed by atoms with E-state index in [2.05, 4.69) is 21.2 Å². The van der Waals surface area contributed by atoms with Crippen LogP contribution in [0.1, 0.15) is 5.56 Å². The van der Waals surface area contributed by atoms with Gasteiger partial charge in [-0.3, -0.25) is 0 Å². The fraction of sp³-hybridized carbons (Fsp3) is 0.400. The van der Waals surface area contributed by atoms with E-state index >= 15 is 0 Å². The summed E-state index contributed by atoms with van der Waals surface area (Å²) in [4.78, 5) is 0. The third-order valence-electron chi connectivity index (χ3n) is 2.48. The quantitative estimate of drug-likeness (QED) is 0.853. The minimum atomic E-state index is -0.554. The lowest BCUT2D eigenvalue weighted by Gasteiger charge is -2.27. The predicted molar refractivity (Wildman–Crippen MR) is 55.8 cm³/mol. The normalized spacial score (nSPS) is 16.7. The van der Waals surface area contributed by atoms with E-state index in [1.807, 2.05) is 0 Å². The Morgan fingerprint density at radius 2 is 2.21 bits per heavy atom. The van der Waals surface area contributed by atoms with Crippen LogP contribution >= 0.6 is 15.9 Å². The van der Waals surface area contributed by atoms with E-state index in [1.54, 1.807) is 6.07 Å². The zero-order valence-electron chi connectivity index (χ0n) is 7.56. The van der Waals surface area contributed by atoms with Crippen molar-refractivity contribution in [2.45, 2.75) is 6.42 Å². The summed E-state index contributed by atoms with van der Waals surface area (Å²) in [6.45, 7) is 1.90. The first-order valence-corrected chi connectivity index (χ1v) is 5.33. The van der Waals surface area contributed by atoms with Crippen LogP contribution in [0, 0.1) is 11.7 Å². The molecule has 0 spiro atoms. The molecule has 1 aromatic carbocycles. The van der Waals surface area contributed by atoms with Gasteiger partial charge in [-0.25, -0.2) is 4.39 Å². The molecule has 0 aromatic heterocycles. The van der Waals surface area contributed by atoms with Gasteiger partial charge in [0, 0.05) is 4.47 Å². The number of halogens is 2. The van der Waals surface area contributed by atoms with Crippen molar-refractivity contribution < 1.29 is 9.50 Å². The van der Waals surface area contributed by atoms with Gasteiger partial charge in [0.1, 0.15) is 0 Å². The second-order valence-corrected chi connectivity index (χ2v) is 4.54. The molecule has 2 nitrogen and oxygen atoms in total. The van der Waals surface area contributed by atoms with Gasteiger partial charge in [0.2, 0.25) is 0 Å². The summed E-state index contributed by atoms with van der Waals surface area (Å²) in [5.41, 5.74) is 0.684. The smallest absolute Gasteiger partial charge is 0.166 e. The van der Waals surface area contributed by atoms with Crippen molar-refractivity contribution >= 4 is 15.9 Å². The second-order valence-electron chi connectivity index (χ2n) is 3.62. The molecule has 1 fully saturated rings. The lowest BCUT2D eigenvalue weighted by Crippen LogP contribution is -2.43. The molecule has 0 aliphatic carbocycles. The molecule has 0 saturated carbocycles. The molecular weight excluding hydrogens is 249 g/mol. The first-order valence-electron chi connectivity index (χ1n) is 4.54. The Labute approximate surface area is 90.3 Å². The highest BCUT2D eigenvalue weighted by Crippen LogP contribution is 2.28. The number of benzene rings is 1. The van der Waals surface area contributed by atoms with Crippen LogP contribution < -0.4 is 5.32 Å². The van der Waals surface area contributed by atoms with Gasteiger partial charge >= 0.3 is 0 Å². The van der Waals surface area contributed by atoms with Crippen LogP contribution in [0.3, 0.4) is 0 Å². The number of hydrogen-bond donors (Lipinski definition) is 2. The van der Waals surface area contributed by atoms with Crippen molar-refractivity contribution in [3.05, 3.63) is 28.0 Å². The molecule has 14 heavy (non-hydrogen) atoms. The summed E-state index contributed by atoms with van der Waals surface area (Å²) >= 11 is 3.21. The zero-order chi connectivity index (χ0) is 10.1. The highest BCUT2D eigenvalue weighted by Gasteiger charge is 2.20. The predicted octanol–water partition coefficient (Wildman–Crippen LogP) is 2.06. The number of phenolic OH excluding ortho intramolecular Hbond substituents is 1. The number of hydrogen-bond acceptors (Lipinski definition) is 2. The molecule has 1 heterocycles. The lowest BCUT2D eigenvalue weighted by molar-refractivity contribution is 0.338. The van der Waals surface area contributed by atoms with Crippen LogP contribution in [0.25, 0.3) is 0 Å². The first-order chi connectivity index (χ1) is 6.66. The molecule has 0 amide bonds. The average molecular weight is 260 g/mol. The van der Waals surface area contributed by atoms with E-state index in [9.17, 15) is 9.50 Å². The topological polar surface area (TPSA) is 32.3 Å². The van der Waals surface area contributed by atoms with Crippen LogP contribution in [0.2, 0.25) is 0 Å². The van der Waals surface area contributed by atoms with E-state index in [1.165, 1.54) is 6.07 Å². The molecule has 1 aliphatic heterocycles. The Bertz CT molecular complexity index is 352. The van der Waals surface area contributed by atoms with Crippen LogP contribution in [-0.4, -0.2) is 18.2 Å². The van der Waals surface area contributed by atoms with Crippen LogP contribution in [0.4, 0.5) is 4.39 Å². The maximum absolute atomic E-state index is 13.1. The minimum absolute atomic E-state index is 0.208. The van der Waals surface area contributed by atoms with Gasteiger partial charge in [-0.1, -0.05) is 15.9 Å². The monoisotopic (exact) mass is 259 g/mol. The van der Waals surface area contributed by atoms with Crippen molar-refractivity contribution in [2.24, 2.45) is 5.92 Å². The van der Waals surface area contributed by atoms with E-state index in [-0.39, 0.29) is 5.75 Å². The Morgan fingerprint density at radius 3 is 2.79 bits per heavy atom. The van der Waals surface area contributed by atoms with Crippen molar-refractivity contribution in [1.82, 2.24) is 5.32 Å². The number of aromatic hydroxyl groups is 1. The van der Waals surface area contributed by atoms with Gasteiger partial charge < -0.3 is 10.4 Å². The third kappa shape index (κ3) is 1.91. The molecule has 0 radical (unpaired) electrons. The van der Waals surface area contributed by atoms with E-state index in [0.29, 0.717) is 16.0 Å². The van der Waals surface area contributed by atoms with Gasteiger partial charge in [0.05, 0.1) is 0 Å². The van der Waals surface area contributed by atoms with Gasteiger partial charge in [-0.2, -0.15) is 0 Å². The van der Waals surface area contributed by atoms with Crippen molar-refractivity contribution in [2.75, 3.05) is 13.1 Å². The molecule has 76 valence electrons. The van der Waals surface area contributed by atoms with Gasteiger partial charge in [0.15, 0.2) is 11.6 Å². The van der Waals surface area contributed by atoms with Crippen molar-refractivity contribution in [3.63, 3.8) is 0 Å². The van der Waals surface area contributed by atoms with Crippen LogP contribution in [-0.2, 0) is 6.42 Å². The highest BCUT2D eigenvalue weighted by atomic mass is 79.9. The van der Waals surface area contributed by atoms with Crippen molar-refractivity contribution in [1.29, 1.82) is 0 Å². The maximum atomic E-state index is 13.1. The molecule has 1 aromatic rings. The standard InChI is InChI=1S/C10H11BrFNO/c11-8-2-7(1-6-4-13-5-6)10(14)9(12)3-8/h2-3,6,13-14H,1,4-5H2. The summed E-state index contributed by atoms with van der Waals surface area (Å²) in [6.07, 6.45) is 0.731. The van der Waals surface area contributed by atoms with Crippen LogP contribution in [0.5, 0.6) is 5.75 Å². The third-order valence-corrected chi connectivity index (χ3v) is 2.94. The molecule has 2 rings (SSSR count). The zero-order valence-corrected chi connectivity index (χ0v) is 9.14. The fourth-order valence-electron chi connectivity index (χ4n) is 1.58. The van der Waals surface area contributed by atoms with Gasteiger partial charge in [-0.15, -0.1) is 0 Å². The maximum Gasteiger partial charge on any atom is 0.166 e. The van der Waals surface area contributed by atoms with Crippen molar-refractivity contribution in [3.8, 4) is 5.75 Å². The summed E-state index contributed by atoms with van der Waals surface area (Å²) in [7, 11) is 0. The molecule has 0 bridgehead atoms. The minimum Gasteiger partial charge on any atom is -0.505 e. The lowest BCUT2D eigenvalue weighted by atomic mass is 9.94. The molecule has 4 heteroatoms. The summed E-state index contributed by atoms with van der Waals surface area (Å²) in [6, 6.07) is 3.05. The fourth-order valence-corrected chi connectivity index (χ4v) is 2.06. The Morgan fingerprint density at radius 1 is 1.50 bits per heavy atom. The van der Waals surface area contributed by atoms with E-state index in [4.69, 9.17) is 0 Å². The SMILES string of the molecule is Oc1c(F)cc(Br)cc1CC1CNC1.